The van der Waals surface area contributed by atoms with Gasteiger partial charge in [-0.25, -0.2) is 9.59 Å². The molecule has 1 atom stereocenters. The van der Waals surface area contributed by atoms with Crippen molar-refractivity contribution < 1.29 is 37.4 Å². The van der Waals surface area contributed by atoms with E-state index in [1.54, 1.807) is 5.32 Å². The molecule has 6 rings (SSSR count). The summed E-state index contributed by atoms with van der Waals surface area (Å²) >= 11 is 0. The lowest BCUT2D eigenvalue weighted by molar-refractivity contribution is -0.203. The summed E-state index contributed by atoms with van der Waals surface area (Å²) in [6.45, 7) is 0.220. The van der Waals surface area contributed by atoms with E-state index >= 15 is 0 Å². The van der Waals surface area contributed by atoms with Gasteiger partial charge in [-0.2, -0.15) is 13.2 Å². The van der Waals surface area contributed by atoms with Crippen molar-refractivity contribution in [1.29, 1.82) is 0 Å². The summed E-state index contributed by atoms with van der Waals surface area (Å²) in [5, 5.41) is 11.3. The lowest BCUT2D eigenvalue weighted by Gasteiger charge is -2.41. The van der Waals surface area contributed by atoms with Crippen LogP contribution >= 0.6 is 0 Å². The average molecular weight is 488 g/mol. The number of carbonyl (C=O) groups excluding carboxylic acids is 2. The van der Waals surface area contributed by atoms with Gasteiger partial charge >= 0.3 is 18.2 Å². The number of amides is 2. The van der Waals surface area contributed by atoms with E-state index in [-0.39, 0.29) is 37.8 Å². The minimum atomic E-state index is -5.18. The maximum Gasteiger partial charge on any atom is 0.420 e. The number of hydrogen-bond donors (Lipinski definition) is 2. The van der Waals surface area contributed by atoms with Crippen LogP contribution in [0.3, 0.4) is 0 Å². The van der Waals surface area contributed by atoms with Crippen molar-refractivity contribution in [3.05, 3.63) is 59.7 Å². The van der Waals surface area contributed by atoms with Gasteiger partial charge in [0, 0.05) is 12.5 Å². The van der Waals surface area contributed by atoms with Gasteiger partial charge in [0.1, 0.15) is 12.1 Å². The highest BCUT2D eigenvalue weighted by Crippen LogP contribution is 2.52. The third-order valence-electron chi connectivity index (χ3n) is 7.54. The molecule has 35 heavy (non-hydrogen) atoms. The first-order chi connectivity index (χ1) is 16.5. The van der Waals surface area contributed by atoms with Crippen LogP contribution in [0.4, 0.5) is 18.0 Å². The summed E-state index contributed by atoms with van der Waals surface area (Å²) in [6, 6.07) is 15.0. The van der Waals surface area contributed by atoms with Crippen molar-refractivity contribution >= 4 is 18.0 Å². The molecule has 2 N–H and O–H groups in total. The van der Waals surface area contributed by atoms with Crippen molar-refractivity contribution in [1.82, 2.24) is 10.2 Å². The third kappa shape index (κ3) is 3.37. The number of nitrogens with one attached hydrogen (secondary N) is 1. The van der Waals surface area contributed by atoms with Gasteiger partial charge in [-0.15, -0.1) is 0 Å². The highest BCUT2D eigenvalue weighted by atomic mass is 19.4. The summed E-state index contributed by atoms with van der Waals surface area (Å²) in [5.74, 6) is -3.38. The molecule has 184 valence electrons. The molecule has 4 aliphatic rings. The number of carbonyl (C=O) groups is 3. The summed E-state index contributed by atoms with van der Waals surface area (Å²) in [5.41, 5.74) is -1.31. The Morgan fingerprint density at radius 1 is 1.06 bits per heavy atom. The molecule has 1 saturated carbocycles. The Bertz CT molecular complexity index is 1180. The second kappa shape index (κ2) is 7.73. The number of fused-ring (bicyclic) bond motifs is 4. The molecule has 2 aromatic carbocycles. The molecule has 1 unspecified atom stereocenters. The third-order valence-corrected chi connectivity index (χ3v) is 7.54. The van der Waals surface area contributed by atoms with E-state index < -0.39 is 35.2 Å². The fraction of sp³-hybridized carbons (Fsp3) is 0.400. The largest absolute Gasteiger partial charge is 0.479 e. The van der Waals surface area contributed by atoms with Gasteiger partial charge in [0.05, 0.1) is 0 Å². The topological polar surface area (TPSA) is 95.9 Å². The van der Waals surface area contributed by atoms with Crippen LogP contribution < -0.4 is 5.32 Å². The summed E-state index contributed by atoms with van der Waals surface area (Å²) < 4.78 is 47.5. The van der Waals surface area contributed by atoms with E-state index in [2.05, 4.69) is 0 Å². The number of alkyl carbamates (subject to hydrolysis) is 1. The molecule has 2 saturated heterocycles. The number of hydrogen-bond acceptors (Lipinski definition) is 4. The molecule has 0 spiro atoms. The predicted octanol–water partition coefficient (Wildman–Crippen LogP) is 3.92. The van der Waals surface area contributed by atoms with Crippen LogP contribution in [0.1, 0.15) is 36.8 Å². The number of halogens is 3. The van der Waals surface area contributed by atoms with E-state index in [1.807, 2.05) is 48.5 Å². The number of carboxylic acids is 1. The molecule has 2 aliphatic heterocycles. The van der Waals surface area contributed by atoms with E-state index in [0.717, 1.165) is 27.2 Å². The van der Waals surface area contributed by atoms with Gasteiger partial charge in [-0.1, -0.05) is 48.5 Å². The van der Waals surface area contributed by atoms with Crippen molar-refractivity contribution in [3.63, 3.8) is 0 Å². The van der Waals surface area contributed by atoms with Crippen molar-refractivity contribution in [2.24, 2.45) is 5.92 Å². The SMILES string of the molecule is CC(NC(=O)OCC1c2ccccc2-c2ccccc21)(C(=O)N1CC2CC1(C(=O)O)C2)C(F)(F)F. The molecule has 0 aromatic heterocycles. The molecular weight excluding hydrogens is 465 g/mol. The van der Waals surface area contributed by atoms with E-state index in [4.69, 9.17) is 4.74 Å². The number of benzene rings is 2. The zero-order chi connectivity index (χ0) is 25.2. The molecule has 10 heteroatoms. The minimum Gasteiger partial charge on any atom is -0.479 e. The molecule has 0 radical (unpaired) electrons. The summed E-state index contributed by atoms with van der Waals surface area (Å²) in [4.78, 5) is 38.1. The zero-order valence-corrected chi connectivity index (χ0v) is 18.8. The van der Waals surface area contributed by atoms with Gasteiger partial charge in [0.2, 0.25) is 5.54 Å². The Balaban J connectivity index is 1.34. The van der Waals surface area contributed by atoms with E-state index in [0.29, 0.717) is 6.92 Å². The van der Waals surface area contributed by atoms with Crippen LogP contribution in [-0.2, 0) is 14.3 Å². The summed E-state index contributed by atoms with van der Waals surface area (Å²) in [6.07, 6.45) is -6.38. The Hall–Kier alpha value is -3.56. The van der Waals surface area contributed by atoms with Gasteiger partial charge in [0.25, 0.3) is 5.91 Å². The smallest absolute Gasteiger partial charge is 0.420 e. The Morgan fingerprint density at radius 2 is 1.60 bits per heavy atom. The molecule has 2 heterocycles. The Kier molecular flexibility index (Phi) is 5.12. The molecule has 2 aromatic rings. The molecule has 2 aliphatic carbocycles. The first-order valence-electron chi connectivity index (χ1n) is 11.2. The normalized spacial score (nSPS) is 24.1. The quantitative estimate of drug-likeness (QED) is 0.665. The van der Waals surface area contributed by atoms with Crippen molar-refractivity contribution in [3.8, 4) is 11.1 Å². The maximum absolute atomic E-state index is 14.1. The molecule has 7 nitrogen and oxygen atoms in total. The van der Waals surface area contributed by atoms with Crippen LogP contribution in [0.5, 0.6) is 0 Å². The second-order valence-electron chi connectivity index (χ2n) is 9.60. The maximum atomic E-state index is 14.1. The zero-order valence-electron chi connectivity index (χ0n) is 18.8. The van der Waals surface area contributed by atoms with Gasteiger partial charge in [0.15, 0.2) is 0 Å². The molecule has 2 amide bonds. The number of ether oxygens (including phenoxy) is 1. The van der Waals surface area contributed by atoms with Gasteiger partial charge in [-0.05, 0) is 47.9 Å². The fourth-order valence-corrected chi connectivity index (χ4v) is 5.60. The highest BCUT2D eigenvalue weighted by molar-refractivity contribution is 5.96. The van der Waals surface area contributed by atoms with Gasteiger partial charge < -0.3 is 14.7 Å². The Morgan fingerprint density at radius 3 is 2.11 bits per heavy atom. The number of alkyl halides is 3. The van der Waals surface area contributed by atoms with Crippen molar-refractivity contribution in [2.45, 2.75) is 42.9 Å². The van der Waals surface area contributed by atoms with Crippen LogP contribution in [0.25, 0.3) is 11.1 Å². The lowest BCUT2D eigenvalue weighted by atomic mass is 9.73. The summed E-state index contributed by atoms with van der Waals surface area (Å²) in [7, 11) is 0. The second-order valence-corrected chi connectivity index (χ2v) is 9.60. The van der Waals surface area contributed by atoms with E-state index in [9.17, 15) is 32.7 Å². The monoisotopic (exact) mass is 488 g/mol. The Labute approximate surface area is 198 Å². The molecule has 2 bridgehead atoms. The predicted molar refractivity (Wildman–Crippen MR) is 117 cm³/mol. The van der Waals surface area contributed by atoms with Gasteiger partial charge in [-0.3, -0.25) is 10.1 Å². The standard InChI is InChI=1S/C25H23F3N2O5/c1-23(25(26,27)28,20(31)30-12-14-10-24(30,11-14)21(32)33)29-22(34)35-13-19-17-8-4-2-6-15(17)16-7-3-5-9-18(16)19/h2-9,14,19H,10-13H2,1H3,(H,29,34)(H,32,33). The number of carboxylic acid groups (broad SMARTS) is 1. The van der Waals surface area contributed by atoms with E-state index in [1.165, 1.54) is 0 Å². The van der Waals surface area contributed by atoms with Crippen LogP contribution in [0, 0.1) is 5.92 Å². The number of rotatable bonds is 5. The average Bonchev–Trinajstić information content (AvgIpc) is 3.45. The van der Waals surface area contributed by atoms with Crippen LogP contribution in [0.2, 0.25) is 0 Å². The molecular formula is C25H23F3N2O5. The molecule has 3 fully saturated rings. The first kappa shape index (κ1) is 23.2. The number of nitrogens with zero attached hydrogens (tertiary/aromatic N) is 1. The highest BCUT2D eigenvalue weighted by Gasteiger charge is 2.68. The minimum absolute atomic E-state index is 0.0941. The number of aliphatic carboxylic acids is 1. The van der Waals surface area contributed by atoms with Crippen LogP contribution in [-0.4, -0.2) is 58.4 Å². The van der Waals surface area contributed by atoms with Crippen molar-refractivity contribution in [2.75, 3.05) is 13.2 Å². The lowest BCUT2D eigenvalue weighted by Crippen LogP contribution is -2.68. The fourth-order valence-electron chi connectivity index (χ4n) is 5.60. The first-order valence-corrected chi connectivity index (χ1v) is 11.2. The van der Waals surface area contributed by atoms with Crippen LogP contribution in [0.15, 0.2) is 48.5 Å².